The predicted molar refractivity (Wildman–Crippen MR) is 103 cm³/mol. The average molecular weight is 344 g/mol. The van der Waals surface area contributed by atoms with Crippen LogP contribution >= 0.6 is 0 Å². The van der Waals surface area contributed by atoms with Gasteiger partial charge in [0.05, 0.1) is 0 Å². The summed E-state index contributed by atoms with van der Waals surface area (Å²) in [4.78, 5) is 17.3. The predicted octanol–water partition coefficient (Wildman–Crippen LogP) is 2.79. The molecule has 0 bridgehead atoms. The Morgan fingerprint density at radius 1 is 1.16 bits per heavy atom. The summed E-state index contributed by atoms with van der Waals surface area (Å²) < 4.78 is 0. The molecule has 2 heterocycles. The molecule has 25 heavy (non-hydrogen) atoms. The van der Waals surface area contributed by atoms with Crippen molar-refractivity contribution in [2.45, 2.75) is 44.6 Å². The molecule has 1 N–H and O–H groups in total. The van der Waals surface area contributed by atoms with E-state index in [1.165, 1.54) is 24.8 Å². The van der Waals surface area contributed by atoms with Crippen LogP contribution in [-0.2, 0) is 6.42 Å². The molecule has 0 unspecified atom stereocenters. The van der Waals surface area contributed by atoms with E-state index in [9.17, 15) is 4.79 Å². The number of nitrogens with zero attached hydrogens (tertiary/aromatic N) is 2. The van der Waals surface area contributed by atoms with Gasteiger partial charge in [-0.2, -0.15) is 0 Å². The van der Waals surface area contributed by atoms with E-state index in [-0.39, 0.29) is 5.91 Å². The van der Waals surface area contributed by atoms with Crippen LogP contribution in [0.15, 0.2) is 24.3 Å². The van der Waals surface area contributed by atoms with E-state index in [1.807, 2.05) is 6.07 Å². The standard InChI is InChI=1S/C21H33N3O/c1-23(2)20-7-4-13-24(14-10-20)21(25)19-6-3-5-18(16-19)15-17-8-11-22-12-9-17/h3,5-6,16-17,20,22H,4,7-15H2,1-2H3/t20-/m0/s1. The first-order valence-electron chi connectivity index (χ1n) is 9.89. The summed E-state index contributed by atoms with van der Waals surface area (Å²) in [6.45, 7) is 4.02. The minimum atomic E-state index is 0.214. The lowest BCUT2D eigenvalue weighted by Crippen LogP contribution is -2.34. The third-order valence-electron chi connectivity index (χ3n) is 5.87. The van der Waals surface area contributed by atoms with Gasteiger partial charge < -0.3 is 15.1 Å². The number of amides is 1. The smallest absolute Gasteiger partial charge is 0.253 e. The normalized spacial score (nSPS) is 22.8. The molecule has 3 rings (SSSR count). The van der Waals surface area contributed by atoms with Gasteiger partial charge in [0.25, 0.3) is 5.91 Å². The second-order valence-corrected chi connectivity index (χ2v) is 7.94. The van der Waals surface area contributed by atoms with Gasteiger partial charge in [-0.25, -0.2) is 0 Å². The molecule has 2 fully saturated rings. The van der Waals surface area contributed by atoms with Crippen molar-refractivity contribution in [2.75, 3.05) is 40.3 Å². The molecule has 4 nitrogen and oxygen atoms in total. The summed E-state index contributed by atoms with van der Waals surface area (Å²) in [5.41, 5.74) is 2.19. The average Bonchev–Trinajstić information content (AvgIpc) is 2.88. The molecule has 1 aromatic rings. The van der Waals surface area contributed by atoms with Gasteiger partial charge >= 0.3 is 0 Å². The molecule has 1 atom stereocenters. The van der Waals surface area contributed by atoms with Crippen molar-refractivity contribution in [2.24, 2.45) is 5.92 Å². The third-order valence-corrected chi connectivity index (χ3v) is 5.87. The Kier molecular flexibility index (Phi) is 6.49. The highest BCUT2D eigenvalue weighted by Gasteiger charge is 2.23. The van der Waals surface area contributed by atoms with Crippen LogP contribution < -0.4 is 5.32 Å². The van der Waals surface area contributed by atoms with Crippen molar-refractivity contribution in [1.29, 1.82) is 0 Å². The highest BCUT2D eigenvalue weighted by Crippen LogP contribution is 2.21. The van der Waals surface area contributed by atoms with Crippen LogP contribution in [-0.4, -0.2) is 62.0 Å². The second kappa shape index (κ2) is 8.81. The maximum atomic E-state index is 13.0. The monoisotopic (exact) mass is 343 g/mol. The maximum absolute atomic E-state index is 13.0. The number of piperidine rings is 1. The molecule has 0 saturated carbocycles. The first-order chi connectivity index (χ1) is 12.1. The molecule has 0 spiro atoms. The van der Waals surface area contributed by atoms with E-state index in [1.54, 1.807) is 0 Å². The fourth-order valence-electron chi connectivity index (χ4n) is 4.23. The molecule has 138 valence electrons. The number of benzene rings is 1. The lowest BCUT2D eigenvalue weighted by atomic mass is 9.90. The fraction of sp³-hybridized carbons (Fsp3) is 0.667. The third kappa shape index (κ3) is 5.05. The fourth-order valence-corrected chi connectivity index (χ4v) is 4.23. The number of hydrogen-bond acceptors (Lipinski definition) is 3. The molecule has 0 aliphatic carbocycles. The molecule has 2 aliphatic heterocycles. The number of rotatable bonds is 4. The van der Waals surface area contributed by atoms with Crippen LogP contribution in [0, 0.1) is 5.92 Å². The molecular weight excluding hydrogens is 310 g/mol. The highest BCUT2D eigenvalue weighted by molar-refractivity contribution is 5.94. The highest BCUT2D eigenvalue weighted by atomic mass is 16.2. The van der Waals surface area contributed by atoms with Gasteiger partial charge in [-0.1, -0.05) is 12.1 Å². The number of hydrogen-bond donors (Lipinski definition) is 1. The van der Waals surface area contributed by atoms with Crippen LogP contribution in [0.25, 0.3) is 0 Å². The van der Waals surface area contributed by atoms with Crippen LogP contribution in [0.4, 0.5) is 0 Å². The first-order valence-corrected chi connectivity index (χ1v) is 9.89. The van der Waals surface area contributed by atoms with Gasteiger partial charge in [-0.15, -0.1) is 0 Å². The molecule has 2 aliphatic rings. The summed E-state index contributed by atoms with van der Waals surface area (Å²) >= 11 is 0. The molecule has 1 amide bonds. The molecule has 2 saturated heterocycles. The summed E-state index contributed by atoms with van der Waals surface area (Å²) in [5.74, 6) is 0.970. The number of likely N-dealkylation sites (tertiary alicyclic amines) is 1. The van der Waals surface area contributed by atoms with E-state index in [4.69, 9.17) is 0 Å². The van der Waals surface area contributed by atoms with E-state index >= 15 is 0 Å². The molecule has 4 heteroatoms. The Morgan fingerprint density at radius 2 is 1.96 bits per heavy atom. The first kappa shape index (κ1) is 18.4. The minimum absolute atomic E-state index is 0.214. The van der Waals surface area contributed by atoms with Gasteiger partial charge in [0, 0.05) is 24.7 Å². The summed E-state index contributed by atoms with van der Waals surface area (Å²) in [7, 11) is 4.29. The Hall–Kier alpha value is -1.39. The maximum Gasteiger partial charge on any atom is 0.253 e. The van der Waals surface area contributed by atoms with Crippen molar-refractivity contribution >= 4 is 5.91 Å². The topological polar surface area (TPSA) is 35.6 Å². The van der Waals surface area contributed by atoms with E-state index in [0.717, 1.165) is 56.9 Å². The molecule has 0 aromatic heterocycles. The van der Waals surface area contributed by atoms with Crippen molar-refractivity contribution < 1.29 is 4.79 Å². The lowest BCUT2D eigenvalue weighted by Gasteiger charge is -2.24. The number of nitrogens with one attached hydrogen (secondary N) is 1. The Morgan fingerprint density at radius 3 is 2.72 bits per heavy atom. The van der Waals surface area contributed by atoms with Gasteiger partial charge in [0.15, 0.2) is 0 Å². The lowest BCUT2D eigenvalue weighted by molar-refractivity contribution is 0.0758. The van der Waals surface area contributed by atoms with Crippen LogP contribution in [0.5, 0.6) is 0 Å². The second-order valence-electron chi connectivity index (χ2n) is 7.94. The van der Waals surface area contributed by atoms with Crippen LogP contribution in [0.2, 0.25) is 0 Å². The van der Waals surface area contributed by atoms with E-state index < -0.39 is 0 Å². The largest absolute Gasteiger partial charge is 0.339 e. The SMILES string of the molecule is CN(C)[C@H]1CCCN(C(=O)c2cccc(CC3CCNCC3)c2)CC1. The Labute approximate surface area is 152 Å². The zero-order valence-electron chi connectivity index (χ0n) is 15.8. The molecule has 0 radical (unpaired) electrons. The number of carbonyl (C=O) groups is 1. The van der Waals surface area contributed by atoms with Crippen molar-refractivity contribution in [3.63, 3.8) is 0 Å². The molecule has 1 aromatic carbocycles. The zero-order chi connectivity index (χ0) is 17.6. The summed E-state index contributed by atoms with van der Waals surface area (Å²) in [5, 5.41) is 3.43. The van der Waals surface area contributed by atoms with Gasteiger partial charge in [0.1, 0.15) is 0 Å². The van der Waals surface area contributed by atoms with Crippen molar-refractivity contribution in [3.05, 3.63) is 35.4 Å². The van der Waals surface area contributed by atoms with Gasteiger partial charge in [0.2, 0.25) is 0 Å². The van der Waals surface area contributed by atoms with E-state index in [0.29, 0.717) is 6.04 Å². The summed E-state index contributed by atoms with van der Waals surface area (Å²) in [6, 6.07) is 8.97. The zero-order valence-corrected chi connectivity index (χ0v) is 15.8. The summed E-state index contributed by atoms with van der Waals surface area (Å²) in [6.07, 6.45) is 6.96. The Bertz CT molecular complexity index is 566. The van der Waals surface area contributed by atoms with Gasteiger partial charge in [-0.3, -0.25) is 4.79 Å². The minimum Gasteiger partial charge on any atom is -0.339 e. The van der Waals surface area contributed by atoms with Crippen molar-refractivity contribution in [1.82, 2.24) is 15.1 Å². The van der Waals surface area contributed by atoms with Gasteiger partial charge in [-0.05, 0) is 89.3 Å². The van der Waals surface area contributed by atoms with Crippen LogP contribution in [0.1, 0.15) is 48.0 Å². The molecular formula is C21H33N3O. The van der Waals surface area contributed by atoms with Crippen molar-refractivity contribution in [3.8, 4) is 0 Å². The van der Waals surface area contributed by atoms with Crippen LogP contribution in [0.3, 0.4) is 0 Å². The Balaban J connectivity index is 1.62. The quantitative estimate of drug-likeness (QED) is 0.913. The number of carbonyl (C=O) groups excluding carboxylic acids is 1. The van der Waals surface area contributed by atoms with E-state index in [2.05, 4.69) is 47.4 Å².